The van der Waals surface area contributed by atoms with Gasteiger partial charge in [-0.05, 0) is 12.8 Å². The largest absolute Gasteiger partial charge is 0.145 e. The van der Waals surface area contributed by atoms with Crippen molar-refractivity contribution in [3.8, 4) is 0 Å². The molecule has 0 unspecified atom stereocenters. The highest BCUT2D eigenvalue weighted by atomic mass is 15.6. The van der Waals surface area contributed by atoms with E-state index in [0.717, 1.165) is 13.1 Å². The third kappa shape index (κ3) is 8.48. The maximum atomic E-state index is 3.86. The van der Waals surface area contributed by atoms with Crippen LogP contribution in [0.2, 0.25) is 0 Å². The van der Waals surface area contributed by atoms with E-state index in [9.17, 15) is 0 Å². The second kappa shape index (κ2) is 12.8. The molecule has 2 nitrogen and oxygen atoms in total. The third-order valence-corrected chi connectivity index (χ3v) is 3.12. The lowest BCUT2D eigenvalue weighted by molar-refractivity contribution is 0.0901. The summed E-state index contributed by atoms with van der Waals surface area (Å²) in [6, 6.07) is 0. The van der Waals surface area contributed by atoms with Crippen LogP contribution in [-0.2, 0) is 0 Å². The second-order valence-electron chi connectivity index (χ2n) is 4.82. The molecule has 18 heavy (non-hydrogen) atoms. The van der Waals surface area contributed by atoms with Crippen molar-refractivity contribution in [3.63, 3.8) is 0 Å². The summed E-state index contributed by atoms with van der Waals surface area (Å²) < 4.78 is 0. The predicted molar refractivity (Wildman–Crippen MR) is 82.9 cm³/mol. The molecule has 0 aliphatic rings. The van der Waals surface area contributed by atoms with Crippen LogP contribution in [0.5, 0.6) is 0 Å². The van der Waals surface area contributed by atoms with Crippen molar-refractivity contribution < 1.29 is 0 Å². The summed E-state index contributed by atoms with van der Waals surface area (Å²) in [4.78, 5) is 0. The summed E-state index contributed by atoms with van der Waals surface area (Å²) >= 11 is 0. The van der Waals surface area contributed by atoms with E-state index in [2.05, 4.69) is 37.0 Å². The predicted octanol–water partition coefficient (Wildman–Crippen LogP) is 4.10. The Morgan fingerprint density at radius 1 is 0.833 bits per heavy atom. The van der Waals surface area contributed by atoms with Gasteiger partial charge in [-0.1, -0.05) is 48.9 Å². The van der Waals surface area contributed by atoms with Gasteiger partial charge in [0.2, 0.25) is 0 Å². The van der Waals surface area contributed by atoms with Crippen molar-refractivity contribution in [1.29, 1.82) is 0 Å². The average Bonchev–Trinajstić information content (AvgIpc) is 2.37. The van der Waals surface area contributed by atoms with E-state index in [1.807, 2.05) is 12.2 Å². The van der Waals surface area contributed by atoms with Crippen LogP contribution in [0.15, 0.2) is 25.3 Å². The minimum absolute atomic E-state index is 0.921. The van der Waals surface area contributed by atoms with E-state index < -0.39 is 0 Å². The highest BCUT2D eigenvalue weighted by Gasteiger charge is 2.22. The van der Waals surface area contributed by atoms with E-state index in [1.165, 1.54) is 51.6 Å². The highest BCUT2D eigenvalue weighted by Crippen LogP contribution is 2.04. The van der Waals surface area contributed by atoms with Gasteiger partial charge in [-0.2, -0.15) is 0 Å². The molecule has 0 atom stereocenters. The molecule has 0 saturated carbocycles. The normalized spacial score (nSPS) is 11.1. The topological polar surface area (TPSA) is 9.14 Å². The number of hydrazine groups is 1. The maximum Gasteiger partial charge on any atom is 0.145 e. The summed E-state index contributed by atoms with van der Waals surface area (Å²) in [5.41, 5.74) is 0. The Morgan fingerprint density at radius 3 is 1.61 bits per heavy atom. The lowest BCUT2D eigenvalue weighted by Crippen LogP contribution is -2.49. The van der Waals surface area contributed by atoms with Crippen molar-refractivity contribution in [2.45, 2.75) is 52.4 Å². The van der Waals surface area contributed by atoms with Gasteiger partial charge in [0.1, 0.15) is 13.1 Å². The van der Waals surface area contributed by atoms with E-state index >= 15 is 0 Å². The Bertz CT molecular complexity index is 181. The molecule has 0 aromatic rings. The van der Waals surface area contributed by atoms with Gasteiger partial charge in [-0.3, -0.25) is 0 Å². The fourth-order valence-electron chi connectivity index (χ4n) is 2.09. The molecule has 1 radical (unpaired) electrons. The SMILES string of the molecule is C=CCN(CC=C)[N+](CCCCC)CCCCC. The standard InChI is InChI=1S/C16H32N2/c1-5-9-11-15-18(16-12-10-6-2)17(13-7-3)14-8-4/h7-8H,3-6,9-16H2,1-2H3/q+1. The van der Waals surface area contributed by atoms with Crippen LogP contribution in [-0.4, -0.2) is 31.2 Å². The van der Waals surface area contributed by atoms with Crippen LogP contribution in [0.4, 0.5) is 0 Å². The molecular weight excluding hydrogens is 220 g/mol. The first-order valence-electron chi connectivity index (χ1n) is 7.51. The summed E-state index contributed by atoms with van der Waals surface area (Å²) in [5, 5.41) is 4.86. The van der Waals surface area contributed by atoms with Crippen LogP contribution in [0.3, 0.4) is 0 Å². The number of nitrogens with zero attached hydrogens (tertiary/aromatic N) is 2. The molecule has 0 aliphatic carbocycles. The van der Waals surface area contributed by atoms with Crippen molar-refractivity contribution in [2.75, 3.05) is 26.2 Å². The Morgan fingerprint density at radius 2 is 1.28 bits per heavy atom. The van der Waals surface area contributed by atoms with Gasteiger partial charge < -0.3 is 0 Å². The third-order valence-electron chi connectivity index (χ3n) is 3.12. The smallest absolute Gasteiger partial charge is 0.102 e. The first kappa shape index (κ1) is 17.4. The molecule has 0 rings (SSSR count). The van der Waals surface area contributed by atoms with Gasteiger partial charge in [0.15, 0.2) is 0 Å². The molecule has 105 valence electrons. The fraction of sp³-hybridized carbons (Fsp3) is 0.750. The zero-order valence-electron chi connectivity index (χ0n) is 12.5. The number of unbranched alkanes of at least 4 members (excludes halogenated alkanes) is 4. The lowest BCUT2D eigenvalue weighted by atomic mass is 10.2. The molecule has 0 heterocycles. The molecule has 0 saturated heterocycles. The minimum Gasteiger partial charge on any atom is -0.102 e. The molecule has 0 N–H and O–H groups in total. The van der Waals surface area contributed by atoms with E-state index in [1.54, 1.807) is 0 Å². The molecule has 0 fully saturated rings. The number of hydrogen-bond acceptors (Lipinski definition) is 2. The monoisotopic (exact) mass is 252 g/mol. The maximum absolute atomic E-state index is 3.86. The van der Waals surface area contributed by atoms with Crippen molar-refractivity contribution in [1.82, 2.24) is 10.0 Å². The molecule has 0 spiro atoms. The van der Waals surface area contributed by atoms with Gasteiger partial charge in [0.25, 0.3) is 0 Å². The zero-order chi connectivity index (χ0) is 13.6. The fourth-order valence-corrected chi connectivity index (χ4v) is 2.09. The Balaban J connectivity index is 4.26. The quantitative estimate of drug-likeness (QED) is 0.207. The average molecular weight is 252 g/mol. The first-order valence-corrected chi connectivity index (χ1v) is 7.51. The Labute approximate surface area is 114 Å². The van der Waals surface area contributed by atoms with E-state index in [4.69, 9.17) is 0 Å². The first-order chi connectivity index (χ1) is 8.79. The Hall–Kier alpha value is -0.600. The Kier molecular flexibility index (Phi) is 12.4. The van der Waals surface area contributed by atoms with E-state index in [-0.39, 0.29) is 0 Å². The molecule has 0 bridgehead atoms. The molecule has 0 amide bonds. The molecule has 2 heteroatoms. The highest BCUT2D eigenvalue weighted by molar-refractivity contribution is 4.80. The molecule has 0 aromatic heterocycles. The van der Waals surface area contributed by atoms with Gasteiger partial charge in [0.05, 0.1) is 13.1 Å². The van der Waals surface area contributed by atoms with Crippen LogP contribution >= 0.6 is 0 Å². The summed E-state index contributed by atoms with van der Waals surface area (Å²) in [6.45, 7) is 16.4. The minimum atomic E-state index is 0.921. The lowest BCUT2D eigenvalue weighted by Gasteiger charge is -2.22. The number of hydrogen-bond donors (Lipinski definition) is 0. The van der Waals surface area contributed by atoms with Crippen molar-refractivity contribution in [2.24, 2.45) is 0 Å². The number of rotatable bonds is 13. The van der Waals surface area contributed by atoms with Crippen molar-refractivity contribution in [3.05, 3.63) is 25.3 Å². The molecule has 0 aromatic carbocycles. The molecule has 0 aliphatic heterocycles. The summed E-state index contributed by atoms with van der Waals surface area (Å²) in [5.74, 6) is 0. The van der Waals surface area contributed by atoms with Gasteiger partial charge in [0, 0.05) is 12.8 Å². The summed E-state index contributed by atoms with van der Waals surface area (Å²) in [6.07, 6.45) is 11.7. The molecular formula is C16H32N2+. The van der Waals surface area contributed by atoms with Crippen molar-refractivity contribution >= 4 is 0 Å². The zero-order valence-corrected chi connectivity index (χ0v) is 12.5. The van der Waals surface area contributed by atoms with Crippen LogP contribution in [0, 0.1) is 0 Å². The second-order valence-corrected chi connectivity index (χ2v) is 4.82. The van der Waals surface area contributed by atoms with Gasteiger partial charge in [-0.25, -0.2) is 0 Å². The van der Waals surface area contributed by atoms with Crippen LogP contribution < -0.4 is 5.01 Å². The summed E-state index contributed by atoms with van der Waals surface area (Å²) in [7, 11) is 0. The van der Waals surface area contributed by atoms with E-state index in [0.29, 0.717) is 0 Å². The van der Waals surface area contributed by atoms with Crippen LogP contribution in [0.1, 0.15) is 52.4 Å². The van der Waals surface area contributed by atoms with Crippen LogP contribution in [0.25, 0.3) is 0 Å². The van der Waals surface area contributed by atoms with Gasteiger partial charge >= 0.3 is 0 Å². The van der Waals surface area contributed by atoms with Gasteiger partial charge in [-0.15, -0.1) is 13.2 Å².